The molecule has 170 valence electrons. The standard InChI is InChI=1S/C25H34N6O/c1-19(10-11-21-8-6-5-7-9-21)28-25(27-18-24-30-29-20(2)31(24)3)26-17-16-22-12-14-23(32-4)15-13-22/h5-9,12-15,19H,10-11,16-18H2,1-4H3,(H2,26,27,28). The molecule has 0 radical (unpaired) electrons. The minimum atomic E-state index is 0.281. The van der Waals surface area contributed by atoms with Crippen molar-refractivity contribution in [3.05, 3.63) is 77.4 Å². The Morgan fingerprint density at radius 2 is 1.75 bits per heavy atom. The van der Waals surface area contributed by atoms with Gasteiger partial charge in [0.05, 0.1) is 7.11 Å². The van der Waals surface area contributed by atoms with Crippen molar-refractivity contribution >= 4 is 5.96 Å². The zero-order valence-electron chi connectivity index (χ0n) is 19.5. The van der Waals surface area contributed by atoms with Crippen LogP contribution in [0.2, 0.25) is 0 Å². The summed E-state index contributed by atoms with van der Waals surface area (Å²) < 4.78 is 7.21. The Morgan fingerprint density at radius 3 is 2.41 bits per heavy atom. The van der Waals surface area contributed by atoms with Crippen molar-refractivity contribution in [2.45, 2.75) is 45.7 Å². The highest BCUT2D eigenvalue weighted by Gasteiger charge is 2.09. The van der Waals surface area contributed by atoms with Crippen LogP contribution in [0.5, 0.6) is 5.75 Å². The van der Waals surface area contributed by atoms with Gasteiger partial charge in [0.15, 0.2) is 11.8 Å². The Balaban J connectivity index is 1.58. The number of ether oxygens (including phenoxy) is 1. The molecule has 3 aromatic rings. The fourth-order valence-electron chi connectivity index (χ4n) is 3.34. The van der Waals surface area contributed by atoms with Gasteiger partial charge in [0.2, 0.25) is 0 Å². The van der Waals surface area contributed by atoms with Crippen LogP contribution in [0.4, 0.5) is 0 Å². The van der Waals surface area contributed by atoms with Gasteiger partial charge in [-0.25, -0.2) is 4.99 Å². The van der Waals surface area contributed by atoms with Gasteiger partial charge in [-0.2, -0.15) is 0 Å². The number of hydrogen-bond donors (Lipinski definition) is 2. The SMILES string of the molecule is COc1ccc(CCNC(=NCc2nnc(C)n2C)NC(C)CCc2ccccc2)cc1. The molecular formula is C25H34N6O. The van der Waals surface area contributed by atoms with Crippen LogP contribution in [0.25, 0.3) is 0 Å². The molecule has 0 aliphatic rings. The molecule has 32 heavy (non-hydrogen) atoms. The Labute approximate surface area is 190 Å². The summed E-state index contributed by atoms with van der Waals surface area (Å²) in [6.45, 7) is 5.39. The number of aromatic nitrogens is 3. The minimum Gasteiger partial charge on any atom is -0.497 e. The molecule has 2 N–H and O–H groups in total. The molecule has 0 aliphatic heterocycles. The van der Waals surface area contributed by atoms with Crippen molar-refractivity contribution in [1.29, 1.82) is 0 Å². The van der Waals surface area contributed by atoms with E-state index in [1.165, 1.54) is 11.1 Å². The summed E-state index contributed by atoms with van der Waals surface area (Å²) in [6.07, 6.45) is 2.94. The molecule has 7 heteroatoms. The first-order valence-corrected chi connectivity index (χ1v) is 11.1. The van der Waals surface area contributed by atoms with E-state index >= 15 is 0 Å². The normalized spacial score (nSPS) is 12.4. The first kappa shape index (κ1) is 23.3. The van der Waals surface area contributed by atoms with Crippen LogP contribution < -0.4 is 15.4 Å². The van der Waals surface area contributed by atoms with Crippen LogP contribution in [-0.4, -0.2) is 40.4 Å². The van der Waals surface area contributed by atoms with Crippen molar-refractivity contribution in [3.63, 3.8) is 0 Å². The summed E-state index contributed by atoms with van der Waals surface area (Å²) >= 11 is 0. The molecule has 0 saturated carbocycles. The zero-order valence-corrected chi connectivity index (χ0v) is 19.5. The van der Waals surface area contributed by atoms with Crippen molar-refractivity contribution in [1.82, 2.24) is 25.4 Å². The predicted octanol–water partition coefficient (Wildman–Crippen LogP) is 3.43. The van der Waals surface area contributed by atoms with Crippen molar-refractivity contribution in [3.8, 4) is 5.75 Å². The summed E-state index contributed by atoms with van der Waals surface area (Å²) in [7, 11) is 3.65. The number of aryl methyl sites for hydroxylation is 2. The van der Waals surface area contributed by atoms with Gasteiger partial charge < -0.3 is 19.9 Å². The van der Waals surface area contributed by atoms with Gasteiger partial charge in [-0.05, 0) is 56.4 Å². The average Bonchev–Trinajstić information content (AvgIpc) is 3.14. The number of nitrogens with zero attached hydrogens (tertiary/aromatic N) is 4. The van der Waals surface area contributed by atoms with E-state index in [-0.39, 0.29) is 6.04 Å². The van der Waals surface area contributed by atoms with Gasteiger partial charge in [0, 0.05) is 19.6 Å². The second-order valence-corrected chi connectivity index (χ2v) is 7.98. The first-order chi connectivity index (χ1) is 15.5. The molecule has 0 amide bonds. The number of guanidine groups is 1. The van der Waals surface area contributed by atoms with E-state index < -0.39 is 0 Å². The number of nitrogens with one attached hydrogen (secondary N) is 2. The largest absolute Gasteiger partial charge is 0.497 e. The Bertz CT molecular complexity index is 981. The van der Waals surface area contributed by atoms with Crippen molar-refractivity contribution < 1.29 is 4.74 Å². The maximum Gasteiger partial charge on any atom is 0.191 e. The second-order valence-electron chi connectivity index (χ2n) is 7.98. The van der Waals surface area contributed by atoms with Crippen molar-refractivity contribution in [2.75, 3.05) is 13.7 Å². The Kier molecular flexibility index (Phi) is 8.66. The number of benzene rings is 2. The quantitative estimate of drug-likeness (QED) is 0.378. The summed E-state index contributed by atoms with van der Waals surface area (Å²) in [6, 6.07) is 19.0. The van der Waals surface area contributed by atoms with E-state index in [1.54, 1.807) is 7.11 Å². The molecule has 0 bridgehead atoms. The molecule has 0 saturated heterocycles. The van der Waals surface area contributed by atoms with E-state index in [0.29, 0.717) is 6.54 Å². The average molecular weight is 435 g/mol. The molecule has 3 rings (SSSR count). The molecule has 7 nitrogen and oxygen atoms in total. The van der Waals surface area contributed by atoms with E-state index in [1.807, 2.05) is 30.7 Å². The number of methoxy groups -OCH3 is 1. The van der Waals surface area contributed by atoms with Crippen LogP contribution in [0.3, 0.4) is 0 Å². The molecule has 0 spiro atoms. The van der Waals surface area contributed by atoms with Gasteiger partial charge in [-0.3, -0.25) is 0 Å². The maximum absolute atomic E-state index is 5.24. The summed E-state index contributed by atoms with van der Waals surface area (Å²) in [5, 5.41) is 15.4. The van der Waals surface area contributed by atoms with Crippen molar-refractivity contribution in [2.24, 2.45) is 12.0 Å². The highest BCUT2D eigenvalue weighted by Crippen LogP contribution is 2.11. The summed E-state index contributed by atoms with van der Waals surface area (Å²) in [4.78, 5) is 4.77. The maximum atomic E-state index is 5.24. The van der Waals surface area contributed by atoms with E-state index in [4.69, 9.17) is 9.73 Å². The monoisotopic (exact) mass is 434 g/mol. The number of hydrogen-bond acceptors (Lipinski definition) is 4. The molecule has 1 atom stereocenters. The third kappa shape index (κ3) is 7.11. The molecule has 1 heterocycles. The lowest BCUT2D eigenvalue weighted by Gasteiger charge is -2.18. The summed E-state index contributed by atoms with van der Waals surface area (Å²) in [5.74, 6) is 3.39. The third-order valence-electron chi connectivity index (χ3n) is 5.52. The number of aliphatic imine (C=N–C) groups is 1. The van der Waals surface area contributed by atoms with Crippen LogP contribution in [0.1, 0.15) is 36.1 Å². The third-order valence-corrected chi connectivity index (χ3v) is 5.52. The predicted molar refractivity (Wildman–Crippen MR) is 129 cm³/mol. The minimum absolute atomic E-state index is 0.281. The van der Waals surface area contributed by atoms with Crippen LogP contribution >= 0.6 is 0 Å². The lowest BCUT2D eigenvalue weighted by atomic mass is 10.1. The van der Waals surface area contributed by atoms with Gasteiger partial charge >= 0.3 is 0 Å². The van der Waals surface area contributed by atoms with Gasteiger partial charge in [-0.15, -0.1) is 10.2 Å². The van der Waals surface area contributed by atoms with Crippen LogP contribution in [0.15, 0.2) is 59.6 Å². The molecule has 1 unspecified atom stereocenters. The van der Waals surface area contributed by atoms with Gasteiger partial charge in [0.1, 0.15) is 18.1 Å². The van der Waals surface area contributed by atoms with E-state index in [0.717, 1.165) is 49.2 Å². The molecule has 0 fully saturated rings. The molecule has 0 aliphatic carbocycles. The molecular weight excluding hydrogens is 400 g/mol. The fraction of sp³-hybridized carbons (Fsp3) is 0.400. The smallest absolute Gasteiger partial charge is 0.191 e. The topological polar surface area (TPSA) is 76.4 Å². The molecule has 1 aromatic heterocycles. The van der Waals surface area contributed by atoms with E-state index in [2.05, 4.69) is 70.2 Å². The molecule has 2 aromatic carbocycles. The fourth-order valence-corrected chi connectivity index (χ4v) is 3.34. The van der Waals surface area contributed by atoms with Gasteiger partial charge in [0.25, 0.3) is 0 Å². The highest BCUT2D eigenvalue weighted by atomic mass is 16.5. The second kappa shape index (κ2) is 11.9. The Morgan fingerprint density at radius 1 is 1.03 bits per heavy atom. The zero-order chi connectivity index (χ0) is 22.8. The lowest BCUT2D eigenvalue weighted by Crippen LogP contribution is -2.43. The lowest BCUT2D eigenvalue weighted by molar-refractivity contribution is 0.414. The van der Waals surface area contributed by atoms with E-state index in [9.17, 15) is 0 Å². The summed E-state index contributed by atoms with van der Waals surface area (Å²) in [5.41, 5.74) is 2.60. The number of rotatable bonds is 10. The van der Waals surface area contributed by atoms with Crippen LogP contribution in [-0.2, 0) is 26.4 Å². The van der Waals surface area contributed by atoms with Gasteiger partial charge in [-0.1, -0.05) is 42.5 Å². The van der Waals surface area contributed by atoms with Crippen LogP contribution in [0, 0.1) is 6.92 Å². The Hall–Kier alpha value is -3.35. The first-order valence-electron chi connectivity index (χ1n) is 11.1. The highest BCUT2D eigenvalue weighted by molar-refractivity contribution is 5.80.